The van der Waals surface area contributed by atoms with Gasteiger partial charge in [0.25, 0.3) is 0 Å². The quantitative estimate of drug-likeness (QED) is 0.685. The van der Waals surface area contributed by atoms with Gasteiger partial charge >= 0.3 is 0 Å². The fourth-order valence-corrected chi connectivity index (χ4v) is 2.61. The van der Waals surface area contributed by atoms with E-state index in [1.165, 1.54) is 19.1 Å². The molecule has 1 rings (SSSR count). The molecule has 0 aliphatic rings. The molecule has 118 valence electrons. The van der Waals surface area contributed by atoms with Crippen molar-refractivity contribution >= 4 is 15.9 Å². The molecule has 0 heterocycles. The second-order valence-corrected chi connectivity index (χ2v) is 7.08. The highest BCUT2D eigenvalue weighted by Crippen LogP contribution is 2.11. The zero-order chi connectivity index (χ0) is 16.0. The van der Waals surface area contributed by atoms with E-state index in [0.29, 0.717) is 6.54 Å². The Labute approximate surface area is 126 Å². The van der Waals surface area contributed by atoms with Gasteiger partial charge < -0.3 is 11.1 Å². The molecule has 0 saturated carbocycles. The molecule has 0 spiro atoms. The molecule has 0 aliphatic carbocycles. The molecule has 0 fully saturated rings. The minimum atomic E-state index is -3.55. The lowest BCUT2D eigenvalue weighted by Gasteiger charge is -2.16. The van der Waals surface area contributed by atoms with Gasteiger partial charge in [-0.05, 0) is 23.6 Å². The molecule has 6 nitrogen and oxygen atoms in total. The van der Waals surface area contributed by atoms with Gasteiger partial charge in [-0.25, -0.2) is 13.1 Å². The number of nitrogens with one attached hydrogen (secondary N) is 2. The number of nitrogens with two attached hydrogens (primary N) is 1. The summed E-state index contributed by atoms with van der Waals surface area (Å²) in [4.78, 5) is 11.0. The maximum atomic E-state index is 12.1. The van der Waals surface area contributed by atoms with E-state index in [0.717, 1.165) is 5.56 Å². The van der Waals surface area contributed by atoms with Crippen LogP contribution in [0.5, 0.6) is 0 Å². The molecule has 1 aromatic carbocycles. The summed E-state index contributed by atoms with van der Waals surface area (Å²) in [5.74, 6) is 0.0729. The van der Waals surface area contributed by atoms with Crippen LogP contribution in [0.25, 0.3) is 0 Å². The fraction of sp³-hybridized carbons (Fsp3) is 0.500. The van der Waals surface area contributed by atoms with E-state index in [-0.39, 0.29) is 29.3 Å². The summed E-state index contributed by atoms with van der Waals surface area (Å²) in [6, 6.07) is 6.15. The van der Waals surface area contributed by atoms with Crippen molar-refractivity contribution in [2.24, 2.45) is 11.7 Å². The zero-order valence-electron chi connectivity index (χ0n) is 12.6. The van der Waals surface area contributed by atoms with Crippen LogP contribution in [0, 0.1) is 5.92 Å². The third-order valence-corrected chi connectivity index (χ3v) is 4.58. The molecule has 1 atom stereocenters. The van der Waals surface area contributed by atoms with E-state index in [4.69, 9.17) is 5.73 Å². The summed E-state index contributed by atoms with van der Waals surface area (Å²) in [5, 5.41) is 2.65. The lowest BCUT2D eigenvalue weighted by Crippen LogP contribution is -2.40. The van der Waals surface area contributed by atoms with Gasteiger partial charge in [-0.1, -0.05) is 26.0 Å². The molecule has 0 radical (unpaired) electrons. The standard InChI is InChI=1S/C14H23N3O3S/c1-10(2)14(15)9-17-21(19,20)13-6-4-12(5-7-13)8-16-11(3)18/h4-7,10,14,17H,8-9,15H2,1-3H3,(H,16,18). The van der Waals surface area contributed by atoms with Crippen LogP contribution in [0.15, 0.2) is 29.2 Å². The van der Waals surface area contributed by atoms with Crippen molar-refractivity contribution in [2.75, 3.05) is 6.54 Å². The fourth-order valence-electron chi connectivity index (χ4n) is 1.54. The van der Waals surface area contributed by atoms with Crippen LogP contribution in [0.3, 0.4) is 0 Å². The van der Waals surface area contributed by atoms with Gasteiger partial charge in [0.1, 0.15) is 0 Å². The summed E-state index contributed by atoms with van der Waals surface area (Å²) >= 11 is 0. The summed E-state index contributed by atoms with van der Waals surface area (Å²) in [6.45, 7) is 5.89. The van der Waals surface area contributed by atoms with Crippen molar-refractivity contribution in [3.8, 4) is 0 Å². The third-order valence-electron chi connectivity index (χ3n) is 3.14. The highest BCUT2D eigenvalue weighted by Gasteiger charge is 2.16. The minimum absolute atomic E-state index is 0.129. The average molecular weight is 313 g/mol. The third kappa shape index (κ3) is 5.82. The van der Waals surface area contributed by atoms with Gasteiger partial charge in [-0.15, -0.1) is 0 Å². The highest BCUT2D eigenvalue weighted by molar-refractivity contribution is 7.89. The van der Waals surface area contributed by atoms with E-state index in [9.17, 15) is 13.2 Å². The predicted molar refractivity (Wildman–Crippen MR) is 82.0 cm³/mol. The first-order valence-corrected chi connectivity index (χ1v) is 8.29. The molecular formula is C14H23N3O3S. The number of carbonyl (C=O) groups excluding carboxylic acids is 1. The summed E-state index contributed by atoms with van der Waals surface area (Å²) in [5.41, 5.74) is 6.66. The molecule has 0 saturated heterocycles. The van der Waals surface area contributed by atoms with Crippen LogP contribution in [0.2, 0.25) is 0 Å². The van der Waals surface area contributed by atoms with Gasteiger partial charge in [-0.2, -0.15) is 0 Å². The smallest absolute Gasteiger partial charge is 0.240 e. The molecule has 1 aromatic rings. The summed E-state index contributed by atoms with van der Waals surface area (Å²) < 4.78 is 26.7. The molecule has 0 aliphatic heterocycles. The Morgan fingerprint density at radius 1 is 1.24 bits per heavy atom. The SMILES string of the molecule is CC(=O)NCc1ccc(S(=O)(=O)NCC(N)C(C)C)cc1. The van der Waals surface area contributed by atoms with Crippen molar-refractivity contribution in [2.45, 2.75) is 38.3 Å². The Morgan fingerprint density at radius 2 is 1.81 bits per heavy atom. The lowest BCUT2D eigenvalue weighted by molar-refractivity contribution is -0.119. The van der Waals surface area contributed by atoms with Crippen molar-refractivity contribution < 1.29 is 13.2 Å². The average Bonchev–Trinajstić information content (AvgIpc) is 2.43. The van der Waals surface area contributed by atoms with Gasteiger partial charge in [-0.3, -0.25) is 4.79 Å². The second-order valence-electron chi connectivity index (χ2n) is 5.31. The molecule has 7 heteroatoms. The maximum absolute atomic E-state index is 12.1. The Hall–Kier alpha value is -1.44. The number of benzene rings is 1. The van der Waals surface area contributed by atoms with Crippen molar-refractivity contribution in [1.82, 2.24) is 10.0 Å². The molecule has 0 aromatic heterocycles. The van der Waals surface area contributed by atoms with E-state index in [1.807, 2.05) is 13.8 Å². The number of sulfonamides is 1. The number of hydrogen-bond acceptors (Lipinski definition) is 4. The minimum Gasteiger partial charge on any atom is -0.352 e. The Bertz CT molecular complexity index is 568. The highest BCUT2D eigenvalue weighted by atomic mass is 32.2. The summed E-state index contributed by atoms with van der Waals surface area (Å²) in [6.07, 6.45) is 0. The first kappa shape index (κ1) is 17.6. The maximum Gasteiger partial charge on any atom is 0.240 e. The number of hydrogen-bond donors (Lipinski definition) is 3. The van der Waals surface area contributed by atoms with E-state index in [2.05, 4.69) is 10.0 Å². The van der Waals surface area contributed by atoms with Crippen molar-refractivity contribution in [3.63, 3.8) is 0 Å². The number of rotatable bonds is 7. The molecule has 0 bridgehead atoms. The largest absolute Gasteiger partial charge is 0.352 e. The lowest BCUT2D eigenvalue weighted by atomic mass is 10.1. The van der Waals surface area contributed by atoms with E-state index < -0.39 is 10.0 Å². The monoisotopic (exact) mass is 313 g/mol. The van der Waals surface area contributed by atoms with E-state index in [1.54, 1.807) is 12.1 Å². The molecule has 21 heavy (non-hydrogen) atoms. The topological polar surface area (TPSA) is 101 Å². The van der Waals surface area contributed by atoms with Crippen LogP contribution in [0.4, 0.5) is 0 Å². The van der Waals surface area contributed by atoms with Gasteiger partial charge in [0.15, 0.2) is 0 Å². The molecule has 1 amide bonds. The van der Waals surface area contributed by atoms with Crippen LogP contribution in [-0.4, -0.2) is 26.9 Å². The molecular weight excluding hydrogens is 290 g/mol. The van der Waals surface area contributed by atoms with Crippen molar-refractivity contribution in [1.29, 1.82) is 0 Å². The van der Waals surface area contributed by atoms with Gasteiger partial charge in [0, 0.05) is 26.1 Å². The normalized spacial score (nSPS) is 13.2. The summed E-state index contributed by atoms with van der Waals surface area (Å²) in [7, 11) is -3.55. The number of amides is 1. The van der Waals surface area contributed by atoms with E-state index >= 15 is 0 Å². The Balaban J connectivity index is 2.69. The Morgan fingerprint density at radius 3 is 2.29 bits per heavy atom. The van der Waals surface area contributed by atoms with Crippen LogP contribution in [0.1, 0.15) is 26.3 Å². The van der Waals surface area contributed by atoms with Crippen LogP contribution >= 0.6 is 0 Å². The molecule has 4 N–H and O–H groups in total. The van der Waals surface area contributed by atoms with Crippen LogP contribution < -0.4 is 15.8 Å². The number of carbonyl (C=O) groups is 1. The van der Waals surface area contributed by atoms with Crippen LogP contribution in [-0.2, 0) is 21.4 Å². The predicted octanol–water partition coefficient (Wildman–Crippen LogP) is 0.584. The Kier molecular flexibility index (Phi) is 6.32. The van der Waals surface area contributed by atoms with Crippen molar-refractivity contribution in [3.05, 3.63) is 29.8 Å². The van der Waals surface area contributed by atoms with Gasteiger partial charge in [0.2, 0.25) is 15.9 Å². The zero-order valence-corrected chi connectivity index (χ0v) is 13.4. The molecule has 1 unspecified atom stereocenters. The van der Waals surface area contributed by atoms with Gasteiger partial charge in [0.05, 0.1) is 4.90 Å². The first-order valence-electron chi connectivity index (χ1n) is 6.81. The first-order chi connectivity index (χ1) is 9.72. The second kappa shape index (κ2) is 7.53.